The van der Waals surface area contributed by atoms with Gasteiger partial charge in [-0.3, -0.25) is 4.72 Å². The predicted molar refractivity (Wildman–Crippen MR) is 126 cm³/mol. The minimum absolute atomic E-state index is 0.167. The van der Waals surface area contributed by atoms with E-state index in [-0.39, 0.29) is 11.5 Å². The molecule has 6 nitrogen and oxygen atoms in total. The first-order chi connectivity index (χ1) is 15.2. The van der Waals surface area contributed by atoms with E-state index in [1.54, 1.807) is 32.0 Å². The van der Waals surface area contributed by atoms with E-state index in [0.717, 1.165) is 5.56 Å². The Morgan fingerprint density at radius 2 is 1.69 bits per heavy atom. The molecule has 7 heteroatoms. The molecule has 4 aromatic rings. The van der Waals surface area contributed by atoms with E-state index in [9.17, 15) is 13.2 Å². The van der Waals surface area contributed by atoms with Gasteiger partial charge in [-0.25, -0.2) is 13.2 Å². The number of sulfonamides is 1. The summed E-state index contributed by atoms with van der Waals surface area (Å²) in [6, 6.07) is 15.8. The molecule has 0 amide bonds. The van der Waals surface area contributed by atoms with Crippen LogP contribution in [0.25, 0.3) is 21.7 Å². The van der Waals surface area contributed by atoms with E-state index in [1.165, 1.54) is 0 Å². The first kappa shape index (κ1) is 21.9. The maximum absolute atomic E-state index is 13.2. The number of esters is 1. The third kappa shape index (κ3) is 3.84. The lowest BCUT2D eigenvalue weighted by atomic mass is 10.0. The zero-order chi connectivity index (χ0) is 23.0. The molecule has 166 valence electrons. The first-order valence-electron chi connectivity index (χ1n) is 10.5. The highest BCUT2D eigenvalue weighted by atomic mass is 32.2. The van der Waals surface area contributed by atoms with E-state index in [2.05, 4.69) is 18.6 Å². The zero-order valence-corrected chi connectivity index (χ0v) is 19.2. The summed E-state index contributed by atoms with van der Waals surface area (Å²) < 4.78 is 40.1. The normalized spacial score (nSPS) is 11.9. The van der Waals surface area contributed by atoms with Crippen molar-refractivity contribution in [1.29, 1.82) is 0 Å². The molecule has 0 aliphatic carbocycles. The van der Waals surface area contributed by atoms with Gasteiger partial charge in [-0.05, 0) is 43.5 Å². The molecule has 0 fully saturated rings. The molecule has 0 radical (unpaired) electrons. The Morgan fingerprint density at radius 1 is 1.03 bits per heavy atom. The molecule has 0 spiro atoms. The number of aryl methyl sites for hydroxylation is 1. The molecule has 4 rings (SSSR count). The molecule has 0 unspecified atom stereocenters. The van der Waals surface area contributed by atoms with Gasteiger partial charge in [0.25, 0.3) is 10.0 Å². The van der Waals surface area contributed by atoms with Crippen LogP contribution in [0.2, 0.25) is 0 Å². The second-order valence-electron chi connectivity index (χ2n) is 7.93. The summed E-state index contributed by atoms with van der Waals surface area (Å²) in [5, 5.41) is 1.88. The first-order valence-corrected chi connectivity index (χ1v) is 12.0. The Hall–Kier alpha value is -3.32. The van der Waals surface area contributed by atoms with Crippen molar-refractivity contribution in [3.05, 3.63) is 71.5 Å². The van der Waals surface area contributed by atoms with E-state index in [1.807, 2.05) is 36.4 Å². The average Bonchev–Trinajstić information content (AvgIpc) is 3.10. The standard InChI is InChI=1S/C25H25NO5S/c1-5-30-25(27)23-16(4)31-24-20-9-7-6-8-19(20)22(14-21(23)24)26-32(28,29)18-12-10-17(11-13-18)15(2)3/h6-15,26H,5H2,1-4H3. The van der Waals surface area contributed by atoms with Gasteiger partial charge in [0.15, 0.2) is 0 Å². The number of anilines is 1. The molecule has 0 saturated carbocycles. The number of hydrogen-bond donors (Lipinski definition) is 1. The van der Waals surface area contributed by atoms with Crippen molar-refractivity contribution in [3.8, 4) is 0 Å². The molecule has 3 aromatic carbocycles. The highest BCUT2D eigenvalue weighted by Crippen LogP contribution is 2.37. The van der Waals surface area contributed by atoms with E-state index < -0.39 is 16.0 Å². The molecule has 1 heterocycles. The number of furan rings is 1. The zero-order valence-electron chi connectivity index (χ0n) is 18.4. The van der Waals surface area contributed by atoms with Crippen LogP contribution in [0.15, 0.2) is 63.9 Å². The summed E-state index contributed by atoms with van der Waals surface area (Å²) in [5.74, 6) is 0.224. The van der Waals surface area contributed by atoms with Crippen LogP contribution in [0, 0.1) is 6.92 Å². The average molecular weight is 452 g/mol. The minimum atomic E-state index is -3.85. The van der Waals surface area contributed by atoms with Gasteiger partial charge in [-0.2, -0.15) is 0 Å². The lowest BCUT2D eigenvalue weighted by Gasteiger charge is -2.13. The van der Waals surface area contributed by atoms with Crippen LogP contribution in [0.4, 0.5) is 5.69 Å². The Bertz CT molecular complexity index is 1420. The Labute approximate surface area is 187 Å². The van der Waals surface area contributed by atoms with Gasteiger partial charge < -0.3 is 9.15 Å². The number of benzene rings is 3. The van der Waals surface area contributed by atoms with Crippen molar-refractivity contribution < 1.29 is 22.4 Å². The molecule has 1 aromatic heterocycles. The highest BCUT2D eigenvalue weighted by Gasteiger charge is 2.24. The summed E-state index contributed by atoms with van der Waals surface area (Å²) in [6.45, 7) is 7.76. The maximum Gasteiger partial charge on any atom is 0.342 e. The third-order valence-corrected chi connectivity index (χ3v) is 6.83. The number of ether oxygens (including phenoxy) is 1. The summed E-state index contributed by atoms with van der Waals surface area (Å²) in [5.41, 5.74) is 2.25. The van der Waals surface area contributed by atoms with Crippen LogP contribution in [0.5, 0.6) is 0 Å². The minimum Gasteiger partial charge on any atom is -0.462 e. The van der Waals surface area contributed by atoms with Crippen LogP contribution in [0.3, 0.4) is 0 Å². The van der Waals surface area contributed by atoms with Crippen LogP contribution in [-0.4, -0.2) is 21.0 Å². The van der Waals surface area contributed by atoms with Crippen molar-refractivity contribution in [2.45, 2.75) is 38.5 Å². The van der Waals surface area contributed by atoms with Crippen molar-refractivity contribution in [2.24, 2.45) is 0 Å². The fourth-order valence-corrected chi connectivity index (χ4v) is 4.89. The molecule has 0 bridgehead atoms. The molecular weight excluding hydrogens is 426 g/mol. The summed E-state index contributed by atoms with van der Waals surface area (Å²) in [6.07, 6.45) is 0. The largest absolute Gasteiger partial charge is 0.462 e. The number of hydrogen-bond acceptors (Lipinski definition) is 5. The smallest absolute Gasteiger partial charge is 0.342 e. The monoisotopic (exact) mass is 451 g/mol. The lowest BCUT2D eigenvalue weighted by molar-refractivity contribution is 0.0526. The van der Waals surface area contributed by atoms with Crippen molar-refractivity contribution in [1.82, 2.24) is 0 Å². The number of carbonyl (C=O) groups is 1. The lowest BCUT2D eigenvalue weighted by Crippen LogP contribution is -2.13. The molecule has 0 atom stereocenters. The van der Waals surface area contributed by atoms with Gasteiger partial charge in [-0.1, -0.05) is 50.2 Å². The Morgan fingerprint density at radius 3 is 2.31 bits per heavy atom. The molecule has 0 aliphatic rings. The number of fused-ring (bicyclic) bond motifs is 3. The van der Waals surface area contributed by atoms with Gasteiger partial charge in [0, 0.05) is 16.2 Å². The van der Waals surface area contributed by atoms with Gasteiger partial charge in [-0.15, -0.1) is 0 Å². The number of rotatable bonds is 6. The van der Waals surface area contributed by atoms with Gasteiger partial charge in [0.1, 0.15) is 16.9 Å². The van der Waals surface area contributed by atoms with Crippen molar-refractivity contribution in [3.63, 3.8) is 0 Å². The number of nitrogens with one attached hydrogen (secondary N) is 1. The van der Waals surface area contributed by atoms with E-state index in [0.29, 0.717) is 44.7 Å². The van der Waals surface area contributed by atoms with Crippen LogP contribution in [-0.2, 0) is 14.8 Å². The SMILES string of the molecule is CCOC(=O)c1c(C)oc2c1cc(NS(=O)(=O)c1ccc(C(C)C)cc1)c1ccccc12. The molecule has 0 aliphatic heterocycles. The Balaban J connectivity index is 1.87. The number of carbonyl (C=O) groups excluding carboxylic acids is 1. The van der Waals surface area contributed by atoms with Gasteiger partial charge >= 0.3 is 5.97 Å². The van der Waals surface area contributed by atoms with E-state index >= 15 is 0 Å². The molecule has 0 saturated heterocycles. The molecular formula is C25H25NO5S. The third-order valence-electron chi connectivity index (χ3n) is 5.45. The van der Waals surface area contributed by atoms with Crippen LogP contribution >= 0.6 is 0 Å². The predicted octanol–water partition coefficient (Wildman–Crippen LogP) is 6.00. The molecule has 32 heavy (non-hydrogen) atoms. The fraction of sp³-hybridized carbons (Fsp3) is 0.240. The summed E-state index contributed by atoms with van der Waals surface area (Å²) in [4.78, 5) is 12.7. The van der Waals surface area contributed by atoms with E-state index in [4.69, 9.17) is 9.15 Å². The second kappa shape index (κ2) is 8.31. The summed E-state index contributed by atoms with van der Waals surface area (Å²) in [7, 11) is -3.85. The molecule has 1 N–H and O–H groups in total. The summed E-state index contributed by atoms with van der Waals surface area (Å²) >= 11 is 0. The topological polar surface area (TPSA) is 85.6 Å². The van der Waals surface area contributed by atoms with Crippen molar-refractivity contribution >= 4 is 43.4 Å². The Kier molecular flexibility index (Phi) is 5.69. The fourth-order valence-electron chi connectivity index (χ4n) is 3.82. The second-order valence-corrected chi connectivity index (χ2v) is 9.61. The maximum atomic E-state index is 13.2. The quantitative estimate of drug-likeness (QED) is 0.364. The van der Waals surface area contributed by atoms with Crippen LogP contribution < -0.4 is 4.72 Å². The van der Waals surface area contributed by atoms with Gasteiger partial charge in [0.2, 0.25) is 0 Å². The van der Waals surface area contributed by atoms with Gasteiger partial charge in [0.05, 0.1) is 17.2 Å². The highest BCUT2D eigenvalue weighted by molar-refractivity contribution is 7.92. The van der Waals surface area contributed by atoms with Crippen molar-refractivity contribution in [2.75, 3.05) is 11.3 Å². The van der Waals surface area contributed by atoms with Crippen LogP contribution in [0.1, 0.15) is 48.4 Å².